The predicted octanol–water partition coefficient (Wildman–Crippen LogP) is 2.10. The molecule has 0 saturated carbocycles. The first-order valence-corrected chi connectivity index (χ1v) is 4.57. The fourth-order valence-electron chi connectivity index (χ4n) is 1.10. The molecule has 2 rings (SSSR count). The number of hydrogen-bond donors (Lipinski definition) is 0. The molecular weight excluding hydrogens is 234 g/mol. The van der Waals surface area contributed by atoms with Crippen LogP contribution in [0.4, 0.5) is 0 Å². The van der Waals surface area contributed by atoms with E-state index < -0.39 is 0 Å². The Hall–Kier alpha value is -1.16. The third-order valence-corrected chi connectivity index (χ3v) is 2.28. The molecule has 0 bridgehead atoms. The molecule has 1 aromatic carbocycles. The van der Waals surface area contributed by atoms with Crippen molar-refractivity contribution in [3.8, 4) is 0 Å². The molecule has 0 fully saturated rings. The smallest absolute Gasteiger partial charge is 0.318 e. The third kappa shape index (κ3) is 1.78. The van der Waals surface area contributed by atoms with Gasteiger partial charge in [0, 0.05) is 10.0 Å². The molecule has 0 aromatic heterocycles. The quantitative estimate of drug-likeness (QED) is 0.705. The highest BCUT2D eigenvalue weighted by molar-refractivity contribution is 9.10. The standard InChI is InChI=1S/C9H6BrNO2/c10-7-3-1-6(2-4-7)8-5-9(12)13-11-8/h1-4H,5H2. The van der Waals surface area contributed by atoms with E-state index in [2.05, 4.69) is 25.9 Å². The van der Waals surface area contributed by atoms with Crippen LogP contribution in [0, 0.1) is 0 Å². The van der Waals surface area contributed by atoms with Crippen molar-refractivity contribution in [2.24, 2.45) is 5.16 Å². The second-order valence-electron chi connectivity index (χ2n) is 2.68. The molecule has 1 aliphatic heterocycles. The number of benzene rings is 1. The number of rotatable bonds is 1. The van der Waals surface area contributed by atoms with Gasteiger partial charge in [0.25, 0.3) is 0 Å². The maximum absolute atomic E-state index is 10.7. The zero-order valence-electron chi connectivity index (χ0n) is 6.66. The van der Waals surface area contributed by atoms with Gasteiger partial charge in [-0.05, 0) is 12.1 Å². The van der Waals surface area contributed by atoms with Gasteiger partial charge in [0.2, 0.25) is 0 Å². The van der Waals surface area contributed by atoms with E-state index in [0.717, 1.165) is 10.0 Å². The van der Waals surface area contributed by atoms with Crippen molar-refractivity contribution in [1.82, 2.24) is 0 Å². The van der Waals surface area contributed by atoms with Gasteiger partial charge in [-0.15, -0.1) is 0 Å². The van der Waals surface area contributed by atoms with Crippen LogP contribution in [0.25, 0.3) is 0 Å². The molecule has 0 saturated heterocycles. The van der Waals surface area contributed by atoms with Gasteiger partial charge in [0.1, 0.15) is 0 Å². The van der Waals surface area contributed by atoms with Crippen LogP contribution >= 0.6 is 15.9 Å². The number of halogens is 1. The van der Waals surface area contributed by atoms with Crippen LogP contribution in [0.2, 0.25) is 0 Å². The Morgan fingerprint density at radius 3 is 2.54 bits per heavy atom. The lowest BCUT2D eigenvalue weighted by atomic mass is 10.1. The maximum Gasteiger partial charge on any atom is 0.341 e. The van der Waals surface area contributed by atoms with Crippen LogP contribution in [0.15, 0.2) is 33.9 Å². The van der Waals surface area contributed by atoms with Gasteiger partial charge < -0.3 is 4.84 Å². The van der Waals surface area contributed by atoms with Crippen molar-refractivity contribution >= 4 is 27.6 Å². The second kappa shape index (κ2) is 3.30. The minimum Gasteiger partial charge on any atom is -0.318 e. The van der Waals surface area contributed by atoms with E-state index in [1.54, 1.807) is 0 Å². The Morgan fingerprint density at radius 2 is 2.00 bits per heavy atom. The van der Waals surface area contributed by atoms with Crippen LogP contribution in [-0.2, 0) is 9.63 Å². The Morgan fingerprint density at radius 1 is 1.31 bits per heavy atom. The Bertz CT molecular complexity index is 370. The number of oxime groups is 1. The molecule has 0 spiro atoms. The van der Waals surface area contributed by atoms with Crippen LogP contribution < -0.4 is 0 Å². The number of nitrogens with zero attached hydrogens (tertiary/aromatic N) is 1. The lowest BCUT2D eigenvalue weighted by Crippen LogP contribution is -1.99. The summed E-state index contributed by atoms with van der Waals surface area (Å²) in [5.74, 6) is -0.294. The van der Waals surface area contributed by atoms with Gasteiger partial charge in [-0.3, -0.25) is 0 Å². The van der Waals surface area contributed by atoms with Crippen molar-refractivity contribution in [1.29, 1.82) is 0 Å². The summed E-state index contributed by atoms with van der Waals surface area (Å²) in [6, 6.07) is 7.59. The molecule has 0 radical (unpaired) electrons. The fourth-order valence-corrected chi connectivity index (χ4v) is 1.37. The Balaban J connectivity index is 2.27. The average Bonchev–Trinajstić information content (AvgIpc) is 2.53. The van der Waals surface area contributed by atoms with E-state index in [1.807, 2.05) is 24.3 Å². The van der Waals surface area contributed by atoms with E-state index >= 15 is 0 Å². The molecule has 4 heteroatoms. The molecule has 0 amide bonds. The third-order valence-electron chi connectivity index (χ3n) is 1.75. The predicted molar refractivity (Wildman–Crippen MR) is 51.4 cm³/mol. The van der Waals surface area contributed by atoms with Crippen LogP contribution in [0.3, 0.4) is 0 Å². The second-order valence-corrected chi connectivity index (χ2v) is 3.60. The first-order valence-electron chi connectivity index (χ1n) is 3.78. The highest BCUT2D eigenvalue weighted by Gasteiger charge is 2.18. The molecule has 3 nitrogen and oxygen atoms in total. The highest BCUT2D eigenvalue weighted by atomic mass is 79.9. The van der Waals surface area contributed by atoms with E-state index in [-0.39, 0.29) is 12.4 Å². The minimum atomic E-state index is -0.294. The monoisotopic (exact) mass is 239 g/mol. The van der Waals surface area contributed by atoms with Crippen LogP contribution in [-0.4, -0.2) is 11.7 Å². The summed E-state index contributed by atoms with van der Waals surface area (Å²) in [7, 11) is 0. The van der Waals surface area contributed by atoms with Crippen molar-refractivity contribution in [2.75, 3.05) is 0 Å². The van der Waals surface area contributed by atoms with Crippen molar-refractivity contribution in [3.63, 3.8) is 0 Å². The number of carbonyl (C=O) groups is 1. The minimum absolute atomic E-state index is 0.266. The molecule has 1 aromatic rings. The zero-order valence-corrected chi connectivity index (χ0v) is 8.24. The highest BCUT2D eigenvalue weighted by Crippen LogP contribution is 2.15. The summed E-state index contributed by atoms with van der Waals surface area (Å²) < 4.78 is 1.00. The molecule has 0 N–H and O–H groups in total. The van der Waals surface area contributed by atoms with Gasteiger partial charge in [-0.2, -0.15) is 0 Å². The molecule has 0 atom stereocenters. The summed E-state index contributed by atoms with van der Waals surface area (Å²) in [5, 5.41) is 3.67. The van der Waals surface area contributed by atoms with Gasteiger partial charge in [-0.1, -0.05) is 33.2 Å². The van der Waals surface area contributed by atoms with Crippen LogP contribution in [0.5, 0.6) is 0 Å². The summed E-state index contributed by atoms with van der Waals surface area (Å²) in [4.78, 5) is 15.2. The summed E-state index contributed by atoms with van der Waals surface area (Å²) in [5.41, 5.74) is 1.62. The molecule has 1 aliphatic rings. The first kappa shape index (κ1) is 8.44. The van der Waals surface area contributed by atoms with Crippen molar-refractivity contribution < 1.29 is 9.63 Å². The summed E-state index contributed by atoms with van der Waals surface area (Å²) in [6.07, 6.45) is 0.266. The van der Waals surface area contributed by atoms with Crippen LogP contribution in [0.1, 0.15) is 12.0 Å². The summed E-state index contributed by atoms with van der Waals surface area (Å²) >= 11 is 3.33. The Labute approximate surface area is 83.5 Å². The number of carbonyl (C=O) groups excluding carboxylic acids is 1. The van der Waals surface area contributed by atoms with Crippen molar-refractivity contribution in [3.05, 3.63) is 34.3 Å². The molecule has 1 heterocycles. The fraction of sp³-hybridized carbons (Fsp3) is 0.111. The van der Waals surface area contributed by atoms with E-state index in [1.165, 1.54) is 0 Å². The van der Waals surface area contributed by atoms with Crippen molar-refractivity contribution in [2.45, 2.75) is 6.42 Å². The van der Waals surface area contributed by atoms with E-state index in [4.69, 9.17) is 0 Å². The molecule has 13 heavy (non-hydrogen) atoms. The zero-order chi connectivity index (χ0) is 9.26. The largest absolute Gasteiger partial charge is 0.341 e. The van der Waals surface area contributed by atoms with Gasteiger partial charge >= 0.3 is 5.97 Å². The SMILES string of the molecule is O=C1CC(c2ccc(Br)cc2)=NO1. The average molecular weight is 240 g/mol. The van der Waals surface area contributed by atoms with Gasteiger partial charge in [0.15, 0.2) is 0 Å². The lowest BCUT2D eigenvalue weighted by Gasteiger charge is -1.96. The maximum atomic E-state index is 10.7. The summed E-state index contributed by atoms with van der Waals surface area (Å²) in [6.45, 7) is 0. The molecule has 66 valence electrons. The molecule has 0 aliphatic carbocycles. The normalized spacial score (nSPS) is 15.5. The molecular formula is C9H6BrNO2. The van der Waals surface area contributed by atoms with E-state index in [0.29, 0.717) is 5.71 Å². The lowest BCUT2D eigenvalue weighted by molar-refractivity contribution is -0.140. The van der Waals surface area contributed by atoms with Gasteiger partial charge in [0.05, 0.1) is 12.1 Å². The first-order chi connectivity index (χ1) is 6.25. The van der Waals surface area contributed by atoms with Gasteiger partial charge in [-0.25, -0.2) is 4.79 Å². The van der Waals surface area contributed by atoms with E-state index in [9.17, 15) is 4.79 Å². The number of hydrogen-bond acceptors (Lipinski definition) is 3. The Kier molecular flexibility index (Phi) is 2.14. The topological polar surface area (TPSA) is 38.7 Å². The molecule has 0 unspecified atom stereocenters.